The highest BCUT2D eigenvalue weighted by atomic mass is 16.8. The van der Waals surface area contributed by atoms with Crippen LogP contribution < -0.4 is 9.47 Å². The number of ether oxygens (including phenoxy) is 13. The molecule has 7 rings (SSSR count). The maximum Gasteiger partial charge on any atom is 0.338 e. The van der Waals surface area contributed by atoms with Crippen LogP contribution in [0.3, 0.4) is 0 Å². The van der Waals surface area contributed by atoms with Crippen LogP contribution in [0.15, 0.2) is 78.9 Å². The van der Waals surface area contributed by atoms with Crippen molar-refractivity contribution < 1.29 is 142 Å². The van der Waals surface area contributed by atoms with Gasteiger partial charge in [-0.05, 0) is 59.7 Å². The van der Waals surface area contributed by atoms with Crippen LogP contribution in [0.25, 0.3) is 12.2 Å². The number of aromatic hydroxyl groups is 2. The molecule has 19 atom stereocenters. The lowest BCUT2D eigenvalue weighted by Gasteiger charge is -2.50. The summed E-state index contributed by atoms with van der Waals surface area (Å²) in [5.41, 5.74) is 0.453. The van der Waals surface area contributed by atoms with Crippen molar-refractivity contribution in [3.63, 3.8) is 0 Å². The van der Waals surface area contributed by atoms with E-state index in [1.165, 1.54) is 87.0 Å². The maximum atomic E-state index is 14.1. The summed E-state index contributed by atoms with van der Waals surface area (Å²) in [5, 5.41) is 130. The third-order valence-corrected chi connectivity index (χ3v) is 13.4. The van der Waals surface area contributed by atoms with E-state index in [1.807, 2.05) is 0 Å². The van der Waals surface area contributed by atoms with E-state index in [1.54, 1.807) is 6.07 Å². The molecule has 82 heavy (non-hydrogen) atoms. The molecule has 12 N–H and O–H groups in total. The molecule has 0 aromatic heterocycles. The molecule has 4 heterocycles. The van der Waals surface area contributed by atoms with Crippen molar-refractivity contribution in [1.29, 1.82) is 0 Å². The van der Waals surface area contributed by atoms with Crippen molar-refractivity contribution in [3.8, 4) is 23.0 Å². The largest absolute Gasteiger partial charge is 0.504 e. The molecular weight excluding hydrogens is 1100 g/mol. The predicted octanol–water partition coefficient (Wildman–Crippen LogP) is -3.35. The number of aliphatic hydroxyl groups excluding tert-OH is 10. The number of esters is 4. The molecule has 450 valence electrons. The van der Waals surface area contributed by atoms with E-state index in [0.717, 1.165) is 19.1 Å². The highest BCUT2D eigenvalue weighted by Gasteiger charge is 2.64. The first kappa shape index (κ1) is 63.1. The quantitative estimate of drug-likeness (QED) is 0.0266. The summed E-state index contributed by atoms with van der Waals surface area (Å²) in [7, 11) is 2.56. The van der Waals surface area contributed by atoms with Crippen molar-refractivity contribution >= 4 is 36.0 Å². The van der Waals surface area contributed by atoms with Crippen LogP contribution in [-0.2, 0) is 66.5 Å². The van der Waals surface area contributed by atoms with Gasteiger partial charge < -0.3 is 123 Å². The van der Waals surface area contributed by atoms with Gasteiger partial charge in [-0.2, -0.15) is 0 Å². The van der Waals surface area contributed by atoms with E-state index < -0.39 is 173 Å². The molecule has 4 fully saturated rings. The van der Waals surface area contributed by atoms with Gasteiger partial charge in [0.15, 0.2) is 54.1 Å². The zero-order valence-corrected chi connectivity index (χ0v) is 43.9. The number of methoxy groups -OCH3 is 2. The standard InChI is InChI=1S/C53H64O29/c1-24(57)72-22-35-45(77-37(61)16-12-26-10-14-29(59)31(18-26)71-3)46(78-50-43(67)41(65)38(62)32(19-54)74-50)47(79-51-44(68)42(66)39(63)33(20-55)75-51)52(76-35)82-53(23-73-36(60)15-11-25-9-13-28(58)30(17-25)70-2)48(40(64)34(21-56)81-53)80-49(69)27-7-5-4-6-8-27/h4-18,32-35,38-48,50-52,54-56,58-59,62-68H,19-23H2,1-3H3. The van der Waals surface area contributed by atoms with Gasteiger partial charge in [-0.25, -0.2) is 14.4 Å². The van der Waals surface area contributed by atoms with Gasteiger partial charge in [0.1, 0.15) is 92.6 Å². The Morgan fingerprint density at radius 1 is 0.561 bits per heavy atom. The molecule has 4 saturated heterocycles. The second kappa shape index (κ2) is 28.2. The van der Waals surface area contributed by atoms with E-state index >= 15 is 0 Å². The third kappa shape index (κ3) is 14.6. The van der Waals surface area contributed by atoms with Crippen molar-refractivity contribution in [2.24, 2.45) is 0 Å². The van der Waals surface area contributed by atoms with Crippen LogP contribution in [0.2, 0.25) is 0 Å². The lowest BCUT2D eigenvalue weighted by Crippen LogP contribution is -2.69. The van der Waals surface area contributed by atoms with Gasteiger partial charge in [-0.1, -0.05) is 30.3 Å². The van der Waals surface area contributed by atoms with Crippen LogP contribution >= 0.6 is 0 Å². The van der Waals surface area contributed by atoms with Crippen molar-refractivity contribution in [1.82, 2.24) is 0 Å². The third-order valence-electron chi connectivity index (χ3n) is 13.4. The number of hydrogen-bond donors (Lipinski definition) is 12. The molecule has 4 aliphatic rings. The summed E-state index contributed by atoms with van der Waals surface area (Å²) in [4.78, 5) is 54.4. The number of phenols is 2. The second-order valence-electron chi connectivity index (χ2n) is 18.9. The van der Waals surface area contributed by atoms with Gasteiger partial charge in [-0.3, -0.25) is 4.79 Å². The highest BCUT2D eigenvalue weighted by Crippen LogP contribution is 2.42. The molecule has 0 radical (unpaired) electrons. The molecule has 0 saturated carbocycles. The predicted molar refractivity (Wildman–Crippen MR) is 268 cm³/mol. The fourth-order valence-electron chi connectivity index (χ4n) is 9.09. The molecule has 3 aromatic carbocycles. The van der Waals surface area contributed by atoms with Crippen molar-refractivity contribution in [2.45, 2.75) is 123 Å². The Morgan fingerprint density at radius 2 is 1.07 bits per heavy atom. The van der Waals surface area contributed by atoms with E-state index in [9.17, 15) is 80.5 Å². The monoisotopic (exact) mass is 1160 g/mol. The van der Waals surface area contributed by atoms with Crippen LogP contribution in [0.5, 0.6) is 23.0 Å². The molecule has 0 bridgehead atoms. The van der Waals surface area contributed by atoms with Crippen LogP contribution in [-0.4, -0.2) is 249 Å². The number of benzene rings is 3. The van der Waals surface area contributed by atoms with Crippen LogP contribution in [0.4, 0.5) is 0 Å². The highest BCUT2D eigenvalue weighted by molar-refractivity contribution is 5.90. The SMILES string of the molecule is COc1cc(C=CC(=O)OCC2(OC3OC(COC(C)=O)C(OC(=O)C=Cc4ccc(O)c(OC)c4)C(OC4OC(CO)C(O)C(O)C4O)C3OC3OC(CO)C(O)C(O)C3O)OC(CO)C(O)C2OC(=O)c2ccccc2)ccc1O. The number of aliphatic hydroxyl groups is 10. The first-order chi connectivity index (χ1) is 39.1. The van der Waals surface area contributed by atoms with Crippen molar-refractivity contribution in [2.75, 3.05) is 47.3 Å². The Balaban J connectivity index is 1.39. The van der Waals surface area contributed by atoms with E-state index in [-0.39, 0.29) is 34.1 Å². The van der Waals surface area contributed by atoms with Gasteiger partial charge in [0.2, 0.25) is 5.79 Å². The Bertz CT molecular complexity index is 2690. The number of carbonyl (C=O) groups is 4. The summed E-state index contributed by atoms with van der Waals surface area (Å²) in [6.45, 7) is -4.28. The molecule has 29 heteroatoms. The zero-order chi connectivity index (χ0) is 59.6. The Kier molecular flexibility index (Phi) is 21.7. The smallest absolute Gasteiger partial charge is 0.338 e. The maximum absolute atomic E-state index is 14.1. The average molecular weight is 1170 g/mol. The molecule has 0 spiro atoms. The summed E-state index contributed by atoms with van der Waals surface area (Å²) in [6, 6.07) is 15.2. The minimum atomic E-state index is -2.93. The van der Waals surface area contributed by atoms with Crippen LogP contribution in [0.1, 0.15) is 28.4 Å². The summed E-state index contributed by atoms with van der Waals surface area (Å²) < 4.78 is 76.3. The minimum Gasteiger partial charge on any atom is -0.504 e. The molecule has 29 nitrogen and oxygen atoms in total. The van der Waals surface area contributed by atoms with Crippen molar-refractivity contribution in [3.05, 3.63) is 95.6 Å². The molecule has 19 unspecified atom stereocenters. The molecular formula is C53H64O29. The molecule has 0 aliphatic carbocycles. The Labute approximate surface area is 466 Å². The minimum absolute atomic E-state index is 0.00475. The number of carbonyl (C=O) groups excluding carboxylic acids is 4. The van der Waals surface area contributed by atoms with Gasteiger partial charge >= 0.3 is 23.9 Å². The lowest BCUT2D eigenvalue weighted by molar-refractivity contribution is -0.421. The summed E-state index contributed by atoms with van der Waals surface area (Å²) >= 11 is 0. The summed E-state index contributed by atoms with van der Waals surface area (Å²) in [5.74, 6) is -7.94. The fourth-order valence-corrected chi connectivity index (χ4v) is 9.09. The average Bonchev–Trinajstić information content (AvgIpc) is 3.55. The first-order valence-corrected chi connectivity index (χ1v) is 25.2. The van der Waals surface area contributed by atoms with Gasteiger partial charge in [0.05, 0.1) is 39.6 Å². The van der Waals surface area contributed by atoms with Gasteiger partial charge in [-0.15, -0.1) is 0 Å². The summed E-state index contributed by atoms with van der Waals surface area (Å²) in [6.07, 6.45) is -33.5. The Morgan fingerprint density at radius 3 is 1.59 bits per heavy atom. The van der Waals surface area contributed by atoms with E-state index in [4.69, 9.17) is 61.6 Å². The topological polar surface area (TPSA) is 431 Å². The zero-order valence-electron chi connectivity index (χ0n) is 43.9. The van der Waals surface area contributed by atoms with E-state index in [0.29, 0.717) is 5.56 Å². The lowest BCUT2D eigenvalue weighted by atomic mass is 9.95. The Hall–Kier alpha value is -6.46. The number of rotatable bonds is 22. The number of hydrogen-bond acceptors (Lipinski definition) is 29. The second-order valence-corrected chi connectivity index (χ2v) is 18.9. The molecule has 3 aromatic rings. The molecule has 4 aliphatic heterocycles. The van der Waals surface area contributed by atoms with Crippen LogP contribution in [0, 0.1) is 0 Å². The first-order valence-electron chi connectivity index (χ1n) is 25.2. The molecule has 0 amide bonds. The number of phenolic OH excluding ortho intramolecular Hbond substituents is 2. The normalized spacial score (nSPS) is 33.9. The van der Waals surface area contributed by atoms with Gasteiger partial charge in [0.25, 0.3) is 0 Å². The fraction of sp³-hybridized carbons (Fsp3) is 0.509. The van der Waals surface area contributed by atoms with Gasteiger partial charge in [0, 0.05) is 19.1 Å². The van der Waals surface area contributed by atoms with E-state index in [2.05, 4.69) is 0 Å².